The highest BCUT2D eigenvalue weighted by Crippen LogP contribution is 2.14. The van der Waals surface area contributed by atoms with Crippen molar-refractivity contribution in [1.82, 2.24) is 9.88 Å². The third-order valence-electron chi connectivity index (χ3n) is 2.95. The number of likely N-dealkylation sites (tertiary alicyclic amines) is 1. The third kappa shape index (κ3) is 2.87. The minimum Gasteiger partial charge on any atom is -0.384 e. The number of carbonyl (C=O) groups excluding carboxylic acids is 1. The Morgan fingerprint density at radius 2 is 2.24 bits per heavy atom. The molecule has 0 spiro atoms. The van der Waals surface area contributed by atoms with Gasteiger partial charge in [0.2, 0.25) is 5.91 Å². The predicted molar refractivity (Wildman–Crippen MR) is 67.5 cm³/mol. The molecule has 0 saturated carbocycles. The summed E-state index contributed by atoms with van der Waals surface area (Å²) in [5, 5.41) is 3.15. The van der Waals surface area contributed by atoms with Crippen molar-refractivity contribution in [3.8, 4) is 0 Å². The van der Waals surface area contributed by atoms with Crippen LogP contribution in [0.3, 0.4) is 0 Å². The molecule has 1 aromatic rings. The Labute approximate surface area is 101 Å². The monoisotopic (exact) mass is 234 g/mol. The molecule has 1 amide bonds. The van der Waals surface area contributed by atoms with E-state index in [1.807, 2.05) is 17.9 Å². The van der Waals surface area contributed by atoms with Gasteiger partial charge in [-0.05, 0) is 25.8 Å². The molecule has 0 bridgehead atoms. The molecule has 1 fully saturated rings. The summed E-state index contributed by atoms with van der Waals surface area (Å²) in [5.74, 6) is 0.605. The molecule has 0 radical (unpaired) electrons. The maximum atomic E-state index is 12.1. The van der Waals surface area contributed by atoms with Gasteiger partial charge in [-0.2, -0.15) is 0 Å². The van der Waals surface area contributed by atoms with Crippen molar-refractivity contribution in [2.24, 2.45) is 0 Å². The molecule has 2 rings (SSSR count). The average molecular weight is 234 g/mol. The number of carbonyl (C=O) groups is 1. The molecule has 5 heteroatoms. The van der Waals surface area contributed by atoms with E-state index in [0.717, 1.165) is 31.6 Å². The molecular formula is C12H18N4O. The van der Waals surface area contributed by atoms with Gasteiger partial charge in [-0.3, -0.25) is 4.79 Å². The molecule has 3 N–H and O–H groups in total. The smallest absolute Gasteiger partial charge is 0.244 e. The quantitative estimate of drug-likeness (QED) is 0.821. The molecular weight excluding hydrogens is 216 g/mol. The zero-order valence-corrected chi connectivity index (χ0v) is 10.0. The number of aromatic nitrogens is 1. The summed E-state index contributed by atoms with van der Waals surface area (Å²) in [5.41, 5.74) is 6.42. The Bertz CT molecular complexity index is 401. The van der Waals surface area contributed by atoms with E-state index in [4.69, 9.17) is 5.73 Å². The molecule has 1 unspecified atom stereocenters. The normalized spacial score (nSPS) is 16.9. The number of anilines is 2. The maximum Gasteiger partial charge on any atom is 0.244 e. The second-order valence-corrected chi connectivity index (χ2v) is 4.37. The number of amides is 1. The van der Waals surface area contributed by atoms with Crippen LogP contribution in [0, 0.1) is 0 Å². The second kappa shape index (κ2) is 5.03. The number of nitrogens with one attached hydrogen (secondary N) is 1. The summed E-state index contributed by atoms with van der Waals surface area (Å²) in [6, 6.07) is 3.31. The van der Waals surface area contributed by atoms with Crippen molar-refractivity contribution in [1.29, 1.82) is 0 Å². The molecule has 5 nitrogen and oxygen atoms in total. The maximum absolute atomic E-state index is 12.1. The molecule has 92 valence electrons. The number of nitrogens with two attached hydrogens (primary N) is 1. The molecule has 1 aliphatic heterocycles. The van der Waals surface area contributed by atoms with Crippen LogP contribution in [-0.4, -0.2) is 34.9 Å². The highest BCUT2D eigenvalue weighted by atomic mass is 16.2. The molecule has 0 aromatic carbocycles. The van der Waals surface area contributed by atoms with Gasteiger partial charge in [0.1, 0.15) is 11.9 Å². The van der Waals surface area contributed by atoms with Crippen molar-refractivity contribution >= 4 is 17.4 Å². The van der Waals surface area contributed by atoms with Gasteiger partial charge in [-0.25, -0.2) is 4.98 Å². The fourth-order valence-electron chi connectivity index (χ4n) is 2.06. The largest absolute Gasteiger partial charge is 0.384 e. The number of rotatable bonds is 3. The fourth-order valence-corrected chi connectivity index (χ4v) is 2.06. The van der Waals surface area contributed by atoms with E-state index in [1.54, 1.807) is 12.3 Å². The lowest BCUT2D eigenvalue weighted by molar-refractivity contribution is -0.130. The van der Waals surface area contributed by atoms with Gasteiger partial charge in [-0.1, -0.05) is 0 Å². The van der Waals surface area contributed by atoms with Gasteiger partial charge in [0.05, 0.1) is 0 Å². The van der Waals surface area contributed by atoms with Gasteiger partial charge in [0.25, 0.3) is 0 Å². The summed E-state index contributed by atoms with van der Waals surface area (Å²) < 4.78 is 0. The predicted octanol–water partition coefficient (Wildman–Crippen LogP) is 1.09. The summed E-state index contributed by atoms with van der Waals surface area (Å²) in [6.07, 6.45) is 3.85. The summed E-state index contributed by atoms with van der Waals surface area (Å²) in [4.78, 5) is 17.9. The summed E-state index contributed by atoms with van der Waals surface area (Å²) in [6.45, 7) is 3.63. The Morgan fingerprint density at radius 3 is 2.88 bits per heavy atom. The lowest BCUT2D eigenvalue weighted by Gasteiger charge is -2.21. The highest BCUT2D eigenvalue weighted by Gasteiger charge is 2.22. The first kappa shape index (κ1) is 11.7. The minimum atomic E-state index is -0.227. The van der Waals surface area contributed by atoms with Gasteiger partial charge < -0.3 is 16.0 Å². The van der Waals surface area contributed by atoms with Crippen LogP contribution >= 0.6 is 0 Å². The van der Waals surface area contributed by atoms with Crippen LogP contribution in [0.2, 0.25) is 0 Å². The van der Waals surface area contributed by atoms with E-state index in [-0.39, 0.29) is 11.9 Å². The van der Waals surface area contributed by atoms with Crippen LogP contribution in [0.5, 0.6) is 0 Å². The van der Waals surface area contributed by atoms with Crippen LogP contribution in [0.15, 0.2) is 18.3 Å². The Kier molecular flexibility index (Phi) is 3.46. The molecule has 1 atom stereocenters. The second-order valence-electron chi connectivity index (χ2n) is 4.37. The van der Waals surface area contributed by atoms with Crippen LogP contribution in [-0.2, 0) is 4.79 Å². The standard InChI is InChI=1S/C12H18N4O/c1-9(12(17)16-6-2-3-7-16)15-10-4-5-14-11(13)8-10/h4-5,8-9H,2-3,6-7H2,1H3,(H3,13,14,15). The van der Waals surface area contributed by atoms with Crippen molar-refractivity contribution in [2.45, 2.75) is 25.8 Å². The van der Waals surface area contributed by atoms with E-state index in [2.05, 4.69) is 10.3 Å². The van der Waals surface area contributed by atoms with Gasteiger partial charge in [0, 0.05) is 31.0 Å². The molecule has 1 aliphatic rings. The summed E-state index contributed by atoms with van der Waals surface area (Å²) >= 11 is 0. The zero-order valence-electron chi connectivity index (χ0n) is 10.0. The molecule has 0 aliphatic carbocycles. The first-order valence-electron chi connectivity index (χ1n) is 5.93. The number of hydrogen-bond acceptors (Lipinski definition) is 4. The fraction of sp³-hybridized carbons (Fsp3) is 0.500. The lowest BCUT2D eigenvalue weighted by Crippen LogP contribution is -2.39. The number of nitrogens with zero attached hydrogens (tertiary/aromatic N) is 2. The van der Waals surface area contributed by atoms with E-state index >= 15 is 0 Å². The van der Waals surface area contributed by atoms with Crippen LogP contribution in [0.1, 0.15) is 19.8 Å². The first-order valence-corrected chi connectivity index (χ1v) is 5.93. The number of hydrogen-bond donors (Lipinski definition) is 2. The number of pyridine rings is 1. The first-order chi connectivity index (χ1) is 8.16. The molecule has 2 heterocycles. The molecule has 1 aromatic heterocycles. The Morgan fingerprint density at radius 1 is 1.53 bits per heavy atom. The third-order valence-corrected chi connectivity index (χ3v) is 2.95. The topological polar surface area (TPSA) is 71.2 Å². The van der Waals surface area contributed by atoms with Crippen molar-refractivity contribution in [3.05, 3.63) is 18.3 Å². The van der Waals surface area contributed by atoms with Crippen LogP contribution in [0.4, 0.5) is 11.5 Å². The van der Waals surface area contributed by atoms with Crippen LogP contribution < -0.4 is 11.1 Å². The Balaban J connectivity index is 1.96. The summed E-state index contributed by atoms with van der Waals surface area (Å²) in [7, 11) is 0. The zero-order chi connectivity index (χ0) is 12.3. The minimum absolute atomic E-state index is 0.151. The van der Waals surface area contributed by atoms with E-state index in [1.165, 1.54) is 0 Å². The van der Waals surface area contributed by atoms with E-state index in [9.17, 15) is 4.79 Å². The van der Waals surface area contributed by atoms with Crippen LogP contribution in [0.25, 0.3) is 0 Å². The van der Waals surface area contributed by atoms with Gasteiger partial charge >= 0.3 is 0 Å². The van der Waals surface area contributed by atoms with Crippen molar-refractivity contribution < 1.29 is 4.79 Å². The van der Waals surface area contributed by atoms with Gasteiger partial charge in [-0.15, -0.1) is 0 Å². The average Bonchev–Trinajstić information content (AvgIpc) is 2.81. The Hall–Kier alpha value is -1.78. The molecule has 17 heavy (non-hydrogen) atoms. The van der Waals surface area contributed by atoms with Crippen molar-refractivity contribution in [3.63, 3.8) is 0 Å². The van der Waals surface area contributed by atoms with E-state index in [0.29, 0.717) is 5.82 Å². The highest BCUT2D eigenvalue weighted by molar-refractivity contribution is 5.84. The SMILES string of the molecule is CC(Nc1ccnc(N)c1)C(=O)N1CCCC1. The lowest BCUT2D eigenvalue weighted by atomic mass is 10.2. The van der Waals surface area contributed by atoms with Crippen molar-refractivity contribution in [2.75, 3.05) is 24.1 Å². The van der Waals surface area contributed by atoms with Gasteiger partial charge in [0.15, 0.2) is 0 Å². The molecule has 1 saturated heterocycles. The number of nitrogen functional groups attached to an aromatic ring is 1. The van der Waals surface area contributed by atoms with E-state index < -0.39 is 0 Å².